The van der Waals surface area contributed by atoms with Crippen molar-refractivity contribution < 1.29 is 23.4 Å². The number of halogens is 2. The van der Waals surface area contributed by atoms with Gasteiger partial charge in [-0.2, -0.15) is 12.6 Å². The van der Waals surface area contributed by atoms with Crippen LogP contribution in [0.2, 0.25) is 0 Å². The lowest BCUT2D eigenvalue weighted by atomic mass is 10.0. The highest BCUT2D eigenvalue weighted by molar-refractivity contribution is 7.80. The molecular weight excluding hydrogens is 723 g/mol. The van der Waals surface area contributed by atoms with Crippen LogP contribution >= 0.6 is 12.6 Å². The number of imidazole rings is 1. The number of para-hydroxylation sites is 1. The van der Waals surface area contributed by atoms with E-state index >= 15 is 0 Å². The normalized spacial score (nSPS) is 12.6. The number of carbonyl (C=O) groups is 1. The lowest BCUT2D eigenvalue weighted by molar-refractivity contribution is 0.102. The summed E-state index contributed by atoms with van der Waals surface area (Å²) in [4.78, 5) is 32.1. The molecule has 0 bridgehead atoms. The first-order valence-electron chi connectivity index (χ1n) is 18.3. The topological polar surface area (TPSA) is 120 Å². The van der Waals surface area contributed by atoms with E-state index < -0.39 is 23.2 Å². The number of phenols is 1. The number of thiol groups is 1. The highest BCUT2D eigenvalue weighted by atomic mass is 32.1. The van der Waals surface area contributed by atoms with E-state index in [0.717, 1.165) is 56.3 Å². The van der Waals surface area contributed by atoms with Crippen molar-refractivity contribution >= 4 is 47.2 Å². The Morgan fingerprint density at radius 3 is 2.35 bits per heavy atom. The monoisotopic (exact) mass is 768 g/mol. The molecule has 0 aliphatic carbocycles. The van der Waals surface area contributed by atoms with Crippen molar-refractivity contribution in [2.45, 2.75) is 27.7 Å². The van der Waals surface area contributed by atoms with Gasteiger partial charge in [0.25, 0.3) is 5.91 Å². The molecule has 1 aliphatic heterocycles. The van der Waals surface area contributed by atoms with Crippen LogP contribution in [0.5, 0.6) is 11.5 Å². The number of nitrogens with zero attached hydrogens (tertiary/aromatic N) is 6. The van der Waals surface area contributed by atoms with Gasteiger partial charge in [-0.05, 0) is 60.7 Å². The fourth-order valence-corrected chi connectivity index (χ4v) is 6.42. The zero-order chi connectivity index (χ0) is 39.5. The van der Waals surface area contributed by atoms with E-state index in [1.54, 1.807) is 42.6 Å². The minimum absolute atomic E-state index is 0.0455. The quantitative estimate of drug-likeness (QED) is 0.0803. The number of aromatic nitrogens is 4. The highest BCUT2D eigenvalue weighted by Crippen LogP contribution is 2.36. The summed E-state index contributed by atoms with van der Waals surface area (Å²) in [5.41, 5.74) is 3.60. The third-order valence-electron chi connectivity index (χ3n) is 8.73. The number of pyridine rings is 1. The first kappa shape index (κ1) is 40.5. The maximum Gasteiger partial charge on any atom is 0.259 e. The van der Waals surface area contributed by atoms with Gasteiger partial charge in [0.05, 0.1) is 35.4 Å². The maximum absolute atomic E-state index is 14.4. The summed E-state index contributed by atoms with van der Waals surface area (Å²) in [6.07, 6.45) is 3.44. The Hall–Kier alpha value is -5.73. The molecule has 4 heterocycles. The number of amides is 1. The van der Waals surface area contributed by atoms with E-state index in [4.69, 9.17) is 14.7 Å². The van der Waals surface area contributed by atoms with Crippen LogP contribution in [-0.2, 0) is 0 Å². The Morgan fingerprint density at radius 2 is 1.65 bits per heavy atom. The summed E-state index contributed by atoms with van der Waals surface area (Å²) < 4.78 is 36.1. The number of aromatic hydroxyl groups is 1. The molecule has 288 valence electrons. The number of methoxy groups -OCH3 is 1. The molecule has 55 heavy (non-hydrogen) atoms. The van der Waals surface area contributed by atoms with Gasteiger partial charge in [0, 0.05) is 68.2 Å². The van der Waals surface area contributed by atoms with Crippen LogP contribution in [0.25, 0.3) is 28.3 Å². The Kier molecular flexibility index (Phi) is 14.0. The molecule has 3 N–H and O–H groups in total. The maximum atomic E-state index is 14.4. The van der Waals surface area contributed by atoms with E-state index in [1.807, 2.05) is 62.6 Å². The van der Waals surface area contributed by atoms with Crippen LogP contribution in [-0.4, -0.2) is 80.9 Å². The van der Waals surface area contributed by atoms with E-state index in [9.17, 15) is 18.7 Å². The zero-order valence-corrected chi connectivity index (χ0v) is 32.4. The largest absolute Gasteiger partial charge is 0.506 e. The Labute approximate surface area is 325 Å². The van der Waals surface area contributed by atoms with Crippen LogP contribution < -0.4 is 20.3 Å². The average Bonchev–Trinajstić information content (AvgIpc) is 3.62. The molecule has 1 saturated heterocycles. The Balaban J connectivity index is 0.00000140. The van der Waals surface area contributed by atoms with Gasteiger partial charge in [0.15, 0.2) is 0 Å². The van der Waals surface area contributed by atoms with Crippen molar-refractivity contribution in [3.63, 3.8) is 0 Å². The standard InChI is InChI=1S/C37H34F2N8O3S.2C2H6/c1-50-31-11-8-23(21-25(31)36(49)44-34-26(38)5-4-6-27(34)39)33-35(47-14-3-2-7-32(47)43-33)29-12-13-40-37(42-29)41-28-10-9-24(22-30(28)48)46-17-15-45(16-18-46)19-20-51;2*1-2/h2-14,21-22,48,51H,15-20H2,1H3,(H,44,49)(H,40,41,42);2*1-2H3. The molecule has 1 amide bonds. The van der Waals surface area contributed by atoms with Crippen molar-refractivity contribution in [1.29, 1.82) is 0 Å². The van der Waals surface area contributed by atoms with Crippen LogP contribution in [0.1, 0.15) is 38.1 Å². The third kappa shape index (κ3) is 9.15. The summed E-state index contributed by atoms with van der Waals surface area (Å²) in [5, 5.41) is 16.5. The van der Waals surface area contributed by atoms with Crippen LogP contribution in [0.4, 0.5) is 31.8 Å². The molecule has 3 aromatic heterocycles. The first-order valence-corrected chi connectivity index (χ1v) is 18.9. The Morgan fingerprint density at radius 1 is 0.909 bits per heavy atom. The number of phenolic OH excluding ortho intramolecular Hbond substituents is 1. The predicted molar refractivity (Wildman–Crippen MR) is 219 cm³/mol. The molecular formula is C41H46F2N8O3S. The average molecular weight is 769 g/mol. The number of carbonyl (C=O) groups excluding carboxylic acids is 1. The minimum Gasteiger partial charge on any atom is -0.506 e. The van der Waals surface area contributed by atoms with Gasteiger partial charge in [-0.15, -0.1) is 0 Å². The van der Waals surface area contributed by atoms with Gasteiger partial charge in [-0.1, -0.05) is 39.8 Å². The minimum atomic E-state index is -0.905. The van der Waals surface area contributed by atoms with Gasteiger partial charge < -0.3 is 25.4 Å². The predicted octanol–water partition coefficient (Wildman–Crippen LogP) is 8.55. The van der Waals surface area contributed by atoms with Gasteiger partial charge >= 0.3 is 0 Å². The van der Waals surface area contributed by atoms with Gasteiger partial charge in [-0.25, -0.2) is 23.7 Å². The van der Waals surface area contributed by atoms with Crippen molar-refractivity contribution in [1.82, 2.24) is 24.3 Å². The summed E-state index contributed by atoms with van der Waals surface area (Å²) in [7, 11) is 1.40. The molecule has 0 unspecified atom stereocenters. The number of piperazine rings is 1. The van der Waals surface area contributed by atoms with Crippen molar-refractivity contribution in [2.75, 3.05) is 61.1 Å². The van der Waals surface area contributed by atoms with Gasteiger partial charge in [0.2, 0.25) is 5.95 Å². The van der Waals surface area contributed by atoms with E-state index in [-0.39, 0.29) is 23.0 Å². The second kappa shape index (κ2) is 19.0. The van der Waals surface area contributed by atoms with Crippen LogP contribution in [0.3, 0.4) is 0 Å². The summed E-state index contributed by atoms with van der Waals surface area (Å²) in [6.45, 7) is 12.5. The molecule has 6 aromatic rings. The second-order valence-electron chi connectivity index (χ2n) is 11.8. The van der Waals surface area contributed by atoms with E-state index in [0.29, 0.717) is 34.0 Å². The summed E-state index contributed by atoms with van der Waals surface area (Å²) >= 11 is 4.34. The second-order valence-corrected chi connectivity index (χ2v) is 12.3. The van der Waals surface area contributed by atoms with Gasteiger partial charge in [-0.3, -0.25) is 14.1 Å². The molecule has 1 fully saturated rings. The SMILES string of the molecule is CC.CC.COc1ccc(-c2nc3ccccn3c2-c2ccnc(Nc3ccc(N4CCN(CCS)CC4)cc3O)n2)cc1C(=O)Nc1c(F)cccc1F. The number of ether oxygens (including phenoxy) is 1. The molecule has 11 nitrogen and oxygen atoms in total. The number of hydrogen-bond donors (Lipinski definition) is 4. The Bertz CT molecular complexity index is 2210. The number of anilines is 4. The summed E-state index contributed by atoms with van der Waals surface area (Å²) in [5.74, 6) is -1.24. The number of benzene rings is 3. The highest BCUT2D eigenvalue weighted by Gasteiger charge is 2.23. The summed E-state index contributed by atoms with van der Waals surface area (Å²) in [6, 6.07) is 21.0. The first-order chi connectivity index (χ1) is 26.8. The van der Waals surface area contributed by atoms with Crippen molar-refractivity contribution in [3.8, 4) is 34.1 Å². The lowest BCUT2D eigenvalue weighted by Crippen LogP contribution is -2.46. The molecule has 0 radical (unpaired) electrons. The van der Waals surface area contributed by atoms with Crippen molar-refractivity contribution in [2.24, 2.45) is 0 Å². The smallest absolute Gasteiger partial charge is 0.259 e. The molecule has 0 atom stereocenters. The molecule has 3 aromatic carbocycles. The van der Waals surface area contributed by atoms with E-state index in [2.05, 4.69) is 38.0 Å². The third-order valence-corrected chi connectivity index (χ3v) is 8.93. The molecule has 1 aliphatic rings. The number of rotatable bonds is 10. The lowest BCUT2D eigenvalue weighted by Gasteiger charge is -2.36. The number of nitrogens with one attached hydrogen (secondary N) is 2. The number of hydrogen-bond acceptors (Lipinski definition) is 10. The molecule has 14 heteroatoms. The van der Waals surface area contributed by atoms with Crippen LogP contribution in [0.15, 0.2) is 91.3 Å². The van der Waals surface area contributed by atoms with E-state index in [1.165, 1.54) is 13.2 Å². The molecule has 0 saturated carbocycles. The molecule has 0 spiro atoms. The van der Waals surface area contributed by atoms with Crippen LogP contribution in [0, 0.1) is 11.6 Å². The zero-order valence-electron chi connectivity index (χ0n) is 31.6. The molecule has 7 rings (SSSR count). The van der Waals surface area contributed by atoms with Gasteiger partial charge in [0.1, 0.15) is 34.5 Å². The van der Waals surface area contributed by atoms with Crippen molar-refractivity contribution in [3.05, 3.63) is 108 Å². The fraction of sp³-hybridized carbons (Fsp3) is 0.268. The number of fused-ring (bicyclic) bond motifs is 1. The fourth-order valence-electron chi connectivity index (χ4n) is 6.14.